The minimum absolute atomic E-state index is 0.0325. The molecule has 39 heavy (non-hydrogen) atoms. The lowest BCUT2D eigenvalue weighted by atomic mass is 10.0. The van der Waals surface area contributed by atoms with Gasteiger partial charge in [-0.05, 0) is 0 Å². The topological polar surface area (TPSA) is 223 Å². The van der Waals surface area contributed by atoms with Crippen molar-refractivity contribution in [1.29, 1.82) is 0 Å². The number of nitrogens with one attached hydrogen (secondary N) is 1. The number of nitrogen functional groups attached to an aromatic ring is 1. The van der Waals surface area contributed by atoms with Gasteiger partial charge in [-0.1, -0.05) is 0 Å². The van der Waals surface area contributed by atoms with Crippen LogP contribution in [0.4, 0.5) is 18.3 Å². The van der Waals surface area contributed by atoms with Crippen LogP contribution in [0.5, 0.6) is 0 Å². The summed E-state index contributed by atoms with van der Waals surface area (Å²) in [6.45, 7) is 0.904. The van der Waals surface area contributed by atoms with Crippen molar-refractivity contribution in [1.82, 2.24) is 15.2 Å². The van der Waals surface area contributed by atoms with E-state index in [1.165, 1.54) is 24.1 Å². The third-order valence-corrected chi connectivity index (χ3v) is 7.28. The Bertz CT molecular complexity index is 1370. The molecule has 14 nitrogen and oxygen atoms in total. The largest absolute Gasteiger partial charge is 0.490 e. The summed E-state index contributed by atoms with van der Waals surface area (Å²) in [5.74, 6) is -6.12. The van der Waals surface area contributed by atoms with E-state index < -0.39 is 57.2 Å². The molecule has 0 radical (unpaired) electrons. The number of carbonyl (C=O) groups is 5. The van der Waals surface area contributed by atoms with Gasteiger partial charge in [0, 0.05) is 35.3 Å². The van der Waals surface area contributed by atoms with Crippen LogP contribution in [0, 0.1) is 0 Å². The van der Waals surface area contributed by atoms with Gasteiger partial charge in [0.05, 0.1) is 11.3 Å². The summed E-state index contributed by atoms with van der Waals surface area (Å²) in [7, 11) is -3.74. The van der Waals surface area contributed by atoms with Crippen LogP contribution >= 0.6 is 23.1 Å². The molecule has 2 atom stereocenters. The first-order valence-corrected chi connectivity index (χ1v) is 14.0. The highest BCUT2D eigenvalue weighted by molar-refractivity contribution is 8.00. The Morgan fingerprint density at radius 2 is 1.90 bits per heavy atom. The number of nitrogens with zero attached hydrogens (tertiary/aromatic N) is 2. The quantitative estimate of drug-likeness (QED) is 0.181. The number of β-lactam (4-membered cyclic amide) rings is 1. The minimum atomic E-state index is -5.08. The Hall–Kier alpha value is -3.65. The van der Waals surface area contributed by atoms with Crippen LogP contribution < -0.4 is 11.1 Å². The molecule has 1 unspecified atom stereocenters. The maximum Gasteiger partial charge on any atom is 0.490 e. The molecule has 0 saturated carbocycles. The summed E-state index contributed by atoms with van der Waals surface area (Å²) in [6.07, 6.45) is -4.18. The summed E-state index contributed by atoms with van der Waals surface area (Å²) >= 11 is 2.19. The summed E-state index contributed by atoms with van der Waals surface area (Å²) in [4.78, 5) is 62.2. The van der Waals surface area contributed by atoms with Crippen molar-refractivity contribution < 1.29 is 60.5 Å². The number of esters is 1. The number of amides is 2. The first-order chi connectivity index (χ1) is 17.8. The van der Waals surface area contributed by atoms with Crippen molar-refractivity contribution in [2.45, 2.75) is 24.5 Å². The molecule has 214 valence electrons. The van der Waals surface area contributed by atoms with Gasteiger partial charge in [0.1, 0.15) is 23.7 Å². The molecule has 20 heteroatoms. The van der Waals surface area contributed by atoms with Gasteiger partial charge in [0.15, 0.2) is 15.0 Å². The van der Waals surface area contributed by atoms with E-state index in [4.69, 9.17) is 20.4 Å². The van der Waals surface area contributed by atoms with E-state index in [1.807, 2.05) is 0 Å². The fourth-order valence-electron chi connectivity index (χ4n) is 3.06. The zero-order valence-corrected chi connectivity index (χ0v) is 22.2. The third-order valence-electron chi connectivity index (χ3n) is 4.60. The average molecular weight is 617 g/mol. The number of halogens is 3. The van der Waals surface area contributed by atoms with Gasteiger partial charge >= 0.3 is 24.1 Å². The number of fused-ring (bicyclic) bond motifs is 1. The molecule has 3 heterocycles. The summed E-state index contributed by atoms with van der Waals surface area (Å²) < 4.78 is 60.1. The molecule has 1 fully saturated rings. The Kier molecular flexibility index (Phi) is 9.74. The molecule has 2 aliphatic heterocycles. The van der Waals surface area contributed by atoms with Gasteiger partial charge in [0.2, 0.25) is 0 Å². The smallest absolute Gasteiger partial charge is 0.477 e. The van der Waals surface area contributed by atoms with Crippen molar-refractivity contribution in [3.63, 3.8) is 0 Å². The van der Waals surface area contributed by atoms with Crippen molar-refractivity contribution in [2.75, 3.05) is 24.3 Å². The number of hydrogen-bond donors (Lipinski definition) is 4. The van der Waals surface area contributed by atoms with E-state index >= 15 is 0 Å². The fraction of sp³-hybridized carbons (Fsp3) is 0.368. The van der Waals surface area contributed by atoms with Gasteiger partial charge < -0.3 is 26.0 Å². The number of nitrogens with two attached hydrogens (primary N) is 1. The Labute approximate surface area is 225 Å². The molecular weight excluding hydrogens is 597 g/mol. The number of rotatable bonds is 7. The monoisotopic (exact) mass is 616 g/mol. The van der Waals surface area contributed by atoms with Gasteiger partial charge in [-0.2, -0.15) is 13.2 Å². The number of alkyl halides is 3. The highest BCUT2D eigenvalue weighted by atomic mass is 32.2. The summed E-state index contributed by atoms with van der Waals surface area (Å²) in [5, 5.41) is 20.7. The number of sulfone groups is 1. The van der Waals surface area contributed by atoms with E-state index in [0.717, 1.165) is 27.9 Å². The van der Waals surface area contributed by atoms with Crippen LogP contribution in [0.15, 0.2) is 22.1 Å². The highest BCUT2D eigenvalue weighted by Gasteiger charge is 2.54. The maximum absolute atomic E-state index is 12.8. The lowest BCUT2D eigenvalue weighted by molar-refractivity contribution is -0.192. The number of aliphatic carboxylic acids is 2. The van der Waals surface area contributed by atoms with E-state index in [-0.39, 0.29) is 40.0 Å². The van der Waals surface area contributed by atoms with Gasteiger partial charge in [-0.3, -0.25) is 19.3 Å². The van der Waals surface area contributed by atoms with Crippen LogP contribution in [0.25, 0.3) is 5.57 Å². The summed E-state index contributed by atoms with van der Waals surface area (Å²) in [6, 6.07) is -1.09. The normalized spacial score (nSPS) is 19.3. The number of carboxylic acids is 2. The second-order valence-electron chi connectivity index (χ2n) is 7.63. The van der Waals surface area contributed by atoms with Gasteiger partial charge in [-0.25, -0.2) is 23.0 Å². The number of hydrogen-bond acceptors (Lipinski definition) is 12. The first kappa shape index (κ1) is 31.6. The van der Waals surface area contributed by atoms with E-state index in [9.17, 15) is 45.9 Å². The Morgan fingerprint density at radius 1 is 1.31 bits per heavy atom. The predicted molar refractivity (Wildman–Crippen MR) is 129 cm³/mol. The molecule has 1 aromatic heterocycles. The SMILES string of the molecule is CC(=O)OCC1=C(C(=O)O)N2C(=O)C(NC(=O)/C(=C\S(C)(=O)=O)c3csc(N)n3)[C@H]2SC1.O=C(O)C(F)(F)F. The average Bonchev–Trinajstić information content (AvgIpc) is 3.23. The highest BCUT2D eigenvalue weighted by Crippen LogP contribution is 2.40. The van der Waals surface area contributed by atoms with Crippen molar-refractivity contribution >= 4 is 73.4 Å². The fourth-order valence-corrected chi connectivity index (χ4v) is 5.60. The zero-order valence-electron chi connectivity index (χ0n) is 19.7. The molecule has 3 rings (SSSR count). The zero-order chi connectivity index (χ0) is 29.9. The molecular formula is C19H19F3N4O10S3. The van der Waals surface area contributed by atoms with E-state index in [0.29, 0.717) is 0 Å². The minimum Gasteiger partial charge on any atom is -0.477 e. The third kappa shape index (κ3) is 8.17. The Balaban J connectivity index is 0.000000673. The van der Waals surface area contributed by atoms with Crippen molar-refractivity contribution in [3.8, 4) is 0 Å². The maximum atomic E-state index is 12.8. The van der Waals surface area contributed by atoms with Crippen LogP contribution in [-0.2, 0) is 38.5 Å². The number of thiazole rings is 1. The lowest BCUT2D eigenvalue weighted by Gasteiger charge is -2.49. The van der Waals surface area contributed by atoms with E-state index in [1.54, 1.807) is 0 Å². The number of carbonyl (C=O) groups excluding carboxylic acids is 3. The van der Waals surface area contributed by atoms with Gasteiger partial charge in [-0.15, -0.1) is 23.1 Å². The number of anilines is 1. The number of carboxylic acid groups (broad SMARTS) is 2. The molecule has 2 amide bonds. The first-order valence-electron chi connectivity index (χ1n) is 10.1. The van der Waals surface area contributed by atoms with E-state index in [2.05, 4.69) is 10.3 Å². The molecule has 0 spiro atoms. The van der Waals surface area contributed by atoms with Crippen molar-refractivity contribution in [3.05, 3.63) is 27.8 Å². The molecule has 0 bridgehead atoms. The molecule has 1 aromatic rings. The number of thioether (sulfide) groups is 1. The van der Waals surface area contributed by atoms with Crippen LogP contribution in [0.1, 0.15) is 12.6 Å². The Morgan fingerprint density at radius 3 is 2.33 bits per heavy atom. The molecule has 0 aromatic carbocycles. The number of ether oxygens (including phenoxy) is 1. The van der Waals surface area contributed by atoms with Crippen LogP contribution in [-0.4, -0.2) is 94.4 Å². The van der Waals surface area contributed by atoms with Crippen LogP contribution in [0.3, 0.4) is 0 Å². The van der Waals surface area contributed by atoms with Crippen molar-refractivity contribution in [2.24, 2.45) is 0 Å². The standard InChI is InChI=1S/C17H18N4O8S3.C2HF3O2/c1-7(22)29-3-8-4-30-15-11(14(24)21(15)12(8)16(25)26)20-13(23)9(6-32(2,27)28)10-5-31-17(18)19-10;3-2(4,5)1(6)7/h5-6,11,15H,3-4H2,1-2H3,(H2,18,19)(H,20,23)(H,25,26);(H,6,7)/b9-6-;/t11?,15-;/m1./s1. The molecule has 1 saturated heterocycles. The summed E-state index contributed by atoms with van der Waals surface area (Å²) in [5.41, 5.74) is 5.26. The molecule has 5 N–H and O–H groups in total. The van der Waals surface area contributed by atoms with Gasteiger partial charge in [0.25, 0.3) is 11.8 Å². The lowest BCUT2D eigenvalue weighted by Crippen LogP contribution is -2.70. The molecule has 0 aliphatic carbocycles. The second kappa shape index (κ2) is 12.0. The predicted octanol–water partition coefficient (Wildman–Crippen LogP) is 0.0458. The number of aromatic nitrogens is 1. The molecule has 2 aliphatic rings. The van der Waals surface area contributed by atoms with Crippen LogP contribution in [0.2, 0.25) is 0 Å². The second-order valence-corrected chi connectivity index (χ2v) is 11.5.